The van der Waals surface area contributed by atoms with Crippen LogP contribution in [-0.2, 0) is 0 Å². The van der Waals surface area contributed by atoms with E-state index in [4.69, 9.17) is 24.8 Å². The van der Waals surface area contributed by atoms with E-state index in [0.29, 0.717) is 23.7 Å². The second-order valence-corrected chi connectivity index (χ2v) is 6.47. The van der Waals surface area contributed by atoms with Crippen molar-refractivity contribution in [1.82, 2.24) is 0 Å². The van der Waals surface area contributed by atoms with Crippen molar-refractivity contribution in [2.75, 3.05) is 13.7 Å². The third kappa shape index (κ3) is 10.0. The first-order valence-electron chi connectivity index (χ1n) is 9.81. The summed E-state index contributed by atoms with van der Waals surface area (Å²) in [6, 6.07) is 19.3. The van der Waals surface area contributed by atoms with Crippen molar-refractivity contribution in [2.45, 2.75) is 13.8 Å². The van der Waals surface area contributed by atoms with E-state index in [9.17, 15) is 14.4 Å². The summed E-state index contributed by atoms with van der Waals surface area (Å²) >= 11 is 0. The Morgan fingerprint density at radius 2 is 0.970 bits per heavy atom. The molecule has 0 fully saturated rings. The number of methoxy groups -OCH3 is 1. The predicted molar refractivity (Wildman–Crippen MR) is 123 cm³/mol. The van der Waals surface area contributed by atoms with Gasteiger partial charge in [0.15, 0.2) is 0 Å². The molecule has 0 heterocycles. The van der Waals surface area contributed by atoms with Gasteiger partial charge in [0.05, 0.1) is 30.4 Å². The fraction of sp³-hybridized carbons (Fsp3) is 0.160. The molecule has 33 heavy (non-hydrogen) atoms. The van der Waals surface area contributed by atoms with Crippen molar-refractivity contribution >= 4 is 17.9 Å². The number of aryl methyl sites for hydroxylation is 1. The molecule has 0 aliphatic heterocycles. The summed E-state index contributed by atoms with van der Waals surface area (Å²) in [5, 5.41) is 25.5. The molecule has 0 saturated carbocycles. The number of carboxylic acid groups (broad SMARTS) is 3. The van der Waals surface area contributed by atoms with Crippen molar-refractivity contribution in [3.8, 4) is 11.5 Å². The Hall–Kier alpha value is -4.33. The van der Waals surface area contributed by atoms with E-state index >= 15 is 0 Å². The Balaban J connectivity index is 0.000000249. The number of hydrogen-bond acceptors (Lipinski definition) is 5. The molecule has 174 valence electrons. The molecule has 0 spiro atoms. The summed E-state index contributed by atoms with van der Waals surface area (Å²) in [4.78, 5) is 31.1. The zero-order valence-corrected chi connectivity index (χ0v) is 18.5. The summed E-state index contributed by atoms with van der Waals surface area (Å²) in [5.74, 6) is -1.36. The van der Waals surface area contributed by atoms with Gasteiger partial charge >= 0.3 is 17.9 Å². The largest absolute Gasteiger partial charge is 0.497 e. The molecule has 0 aliphatic rings. The molecule has 3 aromatic carbocycles. The van der Waals surface area contributed by atoms with Gasteiger partial charge < -0.3 is 24.8 Å². The fourth-order valence-corrected chi connectivity index (χ4v) is 2.29. The topological polar surface area (TPSA) is 130 Å². The van der Waals surface area contributed by atoms with Gasteiger partial charge in [-0.25, -0.2) is 14.4 Å². The molecule has 0 aromatic heterocycles. The standard InChI is InChI=1S/C9H10O3.C8H8O3.C8H8O2/c1-2-12-8-5-3-7(4-6-8)9(10)11;1-11-7-4-2-6(3-5-7)8(9)10;1-6-2-4-7(5-3-6)8(9)10/h3-6H,2H2,1H3,(H,10,11);2-5H,1H3,(H,9,10);2-5H,1H3,(H,9,10). The maximum absolute atomic E-state index is 10.4. The lowest BCUT2D eigenvalue weighted by Crippen LogP contribution is -1.96. The van der Waals surface area contributed by atoms with Crippen LogP contribution < -0.4 is 9.47 Å². The van der Waals surface area contributed by atoms with Crippen LogP contribution in [-0.4, -0.2) is 46.9 Å². The third-order valence-electron chi connectivity index (χ3n) is 4.05. The van der Waals surface area contributed by atoms with Crippen LogP contribution in [0.4, 0.5) is 0 Å². The molecule has 0 unspecified atom stereocenters. The number of benzene rings is 3. The third-order valence-corrected chi connectivity index (χ3v) is 4.05. The van der Waals surface area contributed by atoms with Crippen LogP contribution >= 0.6 is 0 Å². The summed E-state index contributed by atoms with van der Waals surface area (Å²) in [6.45, 7) is 4.39. The Kier molecular flexibility index (Phi) is 11.2. The summed E-state index contributed by atoms with van der Waals surface area (Å²) < 4.78 is 10.0. The lowest BCUT2D eigenvalue weighted by atomic mass is 10.2. The molecule has 0 atom stereocenters. The lowest BCUT2D eigenvalue weighted by Gasteiger charge is -2.01. The molecule has 0 saturated heterocycles. The smallest absolute Gasteiger partial charge is 0.335 e. The van der Waals surface area contributed by atoms with Gasteiger partial charge in [0.2, 0.25) is 0 Å². The minimum absolute atomic E-state index is 0.269. The quantitative estimate of drug-likeness (QED) is 0.481. The molecular formula is C25H26O8. The Morgan fingerprint density at radius 1 is 0.636 bits per heavy atom. The molecular weight excluding hydrogens is 428 g/mol. The van der Waals surface area contributed by atoms with E-state index in [1.807, 2.05) is 13.8 Å². The number of hydrogen-bond donors (Lipinski definition) is 3. The molecule has 0 radical (unpaired) electrons. The van der Waals surface area contributed by atoms with Crippen molar-refractivity contribution in [3.63, 3.8) is 0 Å². The fourth-order valence-electron chi connectivity index (χ4n) is 2.29. The number of carboxylic acids is 3. The molecule has 0 aliphatic carbocycles. The lowest BCUT2D eigenvalue weighted by molar-refractivity contribution is 0.0686. The van der Waals surface area contributed by atoms with Gasteiger partial charge in [-0.15, -0.1) is 0 Å². The zero-order valence-electron chi connectivity index (χ0n) is 18.5. The van der Waals surface area contributed by atoms with Crippen molar-refractivity contribution in [1.29, 1.82) is 0 Å². The minimum Gasteiger partial charge on any atom is -0.497 e. The number of aromatic carboxylic acids is 3. The van der Waals surface area contributed by atoms with Gasteiger partial charge in [-0.1, -0.05) is 17.7 Å². The van der Waals surface area contributed by atoms with Crippen LogP contribution in [0.5, 0.6) is 11.5 Å². The van der Waals surface area contributed by atoms with Gasteiger partial charge in [-0.05, 0) is 74.5 Å². The monoisotopic (exact) mass is 454 g/mol. The highest BCUT2D eigenvalue weighted by atomic mass is 16.5. The molecule has 8 nitrogen and oxygen atoms in total. The van der Waals surface area contributed by atoms with Crippen LogP contribution in [0.25, 0.3) is 0 Å². The number of rotatable bonds is 6. The van der Waals surface area contributed by atoms with Crippen LogP contribution in [0, 0.1) is 6.92 Å². The normalized spacial score (nSPS) is 9.30. The van der Waals surface area contributed by atoms with Crippen LogP contribution in [0.3, 0.4) is 0 Å². The highest BCUT2D eigenvalue weighted by molar-refractivity contribution is 5.88. The highest BCUT2D eigenvalue weighted by Gasteiger charge is 2.01. The first kappa shape index (κ1) is 26.7. The Morgan fingerprint density at radius 3 is 1.27 bits per heavy atom. The average Bonchev–Trinajstić information content (AvgIpc) is 2.81. The van der Waals surface area contributed by atoms with E-state index in [0.717, 1.165) is 5.56 Å². The molecule has 0 amide bonds. The summed E-state index contributed by atoms with van der Waals surface area (Å²) in [6.07, 6.45) is 0. The second-order valence-electron chi connectivity index (χ2n) is 6.47. The maximum atomic E-state index is 10.4. The van der Waals surface area contributed by atoms with E-state index in [2.05, 4.69) is 0 Å². The Bertz CT molecular complexity index is 1020. The van der Waals surface area contributed by atoms with E-state index in [1.165, 1.54) is 31.4 Å². The van der Waals surface area contributed by atoms with Crippen molar-refractivity contribution < 1.29 is 39.2 Å². The number of carbonyl (C=O) groups is 3. The molecule has 3 N–H and O–H groups in total. The highest BCUT2D eigenvalue weighted by Crippen LogP contribution is 2.12. The predicted octanol–water partition coefficient (Wildman–Crippen LogP) is 4.87. The second kappa shape index (κ2) is 13.9. The van der Waals surface area contributed by atoms with Crippen molar-refractivity contribution in [2.24, 2.45) is 0 Å². The van der Waals surface area contributed by atoms with Crippen LogP contribution in [0.1, 0.15) is 43.6 Å². The minimum atomic E-state index is -0.923. The zero-order chi connectivity index (χ0) is 24.8. The van der Waals surface area contributed by atoms with Gasteiger partial charge in [-0.3, -0.25) is 0 Å². The summed E-state index contributed by atoms with van der Waals surface area (Å²) in [7, 11) is 1.54. The molecule has 3 aromatic rings. The SMILES string of the molecule is CCOc1ccc(C(=O)O)cc1.COc1ccc(C(=O)O)cc1.Cc1ccc(C(=O)O)cc1. The van der Waals surface area contributed by atoms with Gasteiger partial charge in [0.25, 0.3) is 0 Å². The molecule has 0 bridgehead atoms. The molecule has 8 heteroatoms. The van der Waals surface area contributed by atoms with Gasteiger partial charge in [0.1, 0.15) is 11.5 Å². The maximum Gasteiger partial charge on any atom is 0.335 e. The molecule has 3 rings (SSSR count). The van der Waals surface area contributed by atoms with Gasteiger partial charge in [-0.2, -0.15) is 0 Å². The summed E-state index contributed by atoms with van der Waals surface area (Å²) in [5.41, 5.74) is 1.96. The Labute approximate surface area is 191 Å². The van der Waals surface area contributed by atoms with Crippen molar-refractivity contribution in [3.05, 3.63) is 95.1 Å². The van der Waals surface area contributed by atoms with E-state index in [1.54, 1.807) is 48.5 Å². The van der Waals surface area contributed by atoms with Crippen LogP contribution in [0.15, 0.2) is 72.8 Å². The average molecular weight is 454 g/mol. The van der Waals surface area contributed by atoms with Crippen LogP contribution in [0.2, 0.25) is 0 Å². The number of ether oxygens (including phenoxy) is 2. The first-order chi connectivity index (χ1) is 15.7. The van der Waals surface area contributed by atoms with E-state index in [-0.39, 0.29) is 11.1 Å². The first-order valence-corrected chi connectivity index (χ1v) is 9.81. The van der Waals surface area contributed by atoms with E-state index < -0.39 is 17.9 Å². The van der Waals surface area contributed by atoms with Gasteiger partial charge in [0, 0.05) is 0 Å².